The van der Waals surface area contributed by atoms with Gasteiger partial charge in [0.25, 0.3) is 0 Å². The van der Waals surface area contributed by atoms with Gasteiger partial charge in [0.2, 0.25) is 5.06 Å². The van der Waals surface area contributed by atoms with Crippen LogP contribution in [0.25, 0.3) is 11.3 Å². The van der Waals surface area contributed by atoms with E-state index in [-0.39, 0.29) is 0 Å². The van der Waals surface area contributed by atoms with Crippen molar-refractivity contribution in [3.63, 3.8) is 0 Å². The van der Waals surface area contributed by atoms with Crippen molar-refractivity contribution in [1.82, 2.24) is 19.4 Å². The zero-order valence-corrected chi connectivity index (χ0v) is 15.1. The highest BCUT2D eigenvalue weighted by molar-refractivity contribution is 7.07. The lowest BCUT2D eigenvalue weighted by Gasteiger charge is -2.13. The lowest BCUT2D eigenvalue weighted by atomic mass is 10.1. The van der Waals surface area contributed by atoms with Gasteiger partial charge in [-0.05, 0) is 31.2 Å². The number of amides is 1. The Balaban J connectivity index is 1.83. The smallest absolute Gasteiger partial charge is 0.418 e. The molecule has 2 heterocycles. The van der Waals surface area contributed by atoms with E-state index in [1.54, 1.807) is 36.0 Å². The fourth-order valence-electron chi connectivity index (χ4n) is 2.29. The molecule has 0 bridgehead atoms. The average molecular weight is 374 g/mol. The van der Waals surface area contributed by atoms with Gasteiger partial charge in [0.1, 0.15) is 18.1 Å². The topological polar surface area (TPSA) is 117 Å². The summed E-state index contributed by atoms with van der Waals surface area (Å²) in [5, 5.41) is 11.0. The van der Waals surface area contributed by atoms with Gasteiger partial charge in [0.15, 0.2) is 0 Å². The van der Waals surface area contributed by atoms with Crippen molar-refractivity contribution < 1.29 is 14.3 Å². The Kier molecular flexibility index (Phi) is 5.44. The third-order valence-corrected chi connectivity index (χ3v) is 4.20. The molecule has 3 rings (SSSR count). The van der Waals surface area contributed by atoms with Crippen LogP contribution in [0.3, 0.4) is 0 Å². The van der Waals surface area contributed by atoms with E-state index in [1.807, 2.05) is 13.1 Å². The number of nitrogens with one attached hydrogen (secondary N) is 1. The number of nitrogens with two attached hydrogens (primary N) is 1. The first-order valence-electron chi connectivity index (χ1n) is 7.81. The number of anilines is 1. The molecule has 1 aromatic carbocycles. The van der Waals surface area contributed by atoms with E-state index in [4.69, 9.17) is 15.2 Å². The maximum absolute atomic E-state index is 12.1. The second-order valence-corrected chi connectivity index (χ2v) is 6.07. The summed E-state index contributed by atoms with van der Waals surface area (Å²) < 4.78 is 16.4. The number of benzene rings is 1. The van der Waals surface area contributed by atoms with Crippen LogP contribution in [0.1, 0.15) is 5.69 Å². The molecule has 0 spiro atoms. The summed E-state index contributed by atoms with van der Waals surface area (Å²) in [6.07, 6.45) is 1.07. The first-order valence-corrected chi connectivity index (χ1v) is 8.59. The molecule has 0 saturated carbocycles. The van der Waals surface area contributed by atoms with Crippen LogP contribution in [0.4, 0.5) is 10.5 Å². The normalized spacial score (nSPS) is 10.6. The van der Waals surface area contributed by atoms with Gasteiger partial charge in [-0.3, -0.25) is 10.00 Å². The molecule has 0 aliphatic heterocycles. The van der Waals surface area contributed by atoms with Gasteiger partial charge in [-0.25, -0.2) is 4.79 Å². The number of carbonyl (C=O) groups excluding carboxylic acids is 1. The lowest BCUT2D eigenvalue weighted by molar-refractivity contribution is 0.216. The molecule has 0 fully saturated rings. The predicted octanol–water partition coefficient (Wildman–Crippen LogP) is 2.20. The molecule has 0 aliphatic rings. The summed E-state index contributed by atoms with van der Waals surface area (Å²) in [6.45, 7) is 2.51. The van der Waals surface area contributed by atoms with Crippen LogP contribution in [-0.2, 0) is 7.05 Å². The molecule has 2 aromatic heterocycles. The summed E-state index contributed by atoms with van der Waals surface area (Å²) in [5.74, 6) is 0.653. The van der Waals surface area contributed by atoms with Gasteiger partial charge in [-0.1, -0.05) is 4.49 Å². The zero-order chi connectivity index (χ0) is 18.5. The highest BCUT2D eigenvalue weighted by Crippen LogP contribution is 2.32. The number of carbonyl (C=O) groups is 1. The minimum Gasteiger partial charge on any atom is -0.492 e. The van der Waals surface area contributed by atoms with Crippen molar-refractivity contribution in [2.45, 2.75) is 6.92 Å². The number of aromatic nitrogens is 4. The van der Waals surface area contributed by atoms with Crippen LogP contribution in [0.15, 0.2) is 30.5 Å². The first kappa shape index (κ1) is 17.8. The van der Waals surface area contributed by atoms with E-state index in [9.17, 15) is 4.79 Å². The van der Waals surface area contributed by atoms with E-state index < -0.39 is 6.09 Å². The first-order chi connectivity index (χ1) is 12.6. The molecule has 0 aliphatic carbocycles. The lowest BCUT2D eigenvalue weighted by Crippen LogP contribution is -2.17. The minimum atomic E-state index is -0.620. The average Bonchev–Trinajstić information content (AvgIpc) is 3.22. The fraction of sp³-hybridized carbons (Fsp3) is 0.250. The molecule has 3 aromatic rings. The Bertz CT molecular complexity index is 907. The molecular formula is C16H18N6O3S. The summed E-state index contributed by atoms with van der Waals surface area (Å²) in [5.41, 5.74) is 8.27. The molecule has 0 radical (unpaired) electrons. The predicted molar refractivity (Wildman–Crippen MR) is 97.5 cm³/mol. The van der Waals surface area contributed by atoms with Crippen LogP contribution in [0.2, 0.25) is 0 Å². The Labute approximate surface area is 153 Å². The van der Waals surface area contributed by atoms with Gasteiger partial charge in [0.05, 0.1) is 5.69 Å². The summed E-state index contributed by atoms with van der Waals surface area (Å²) >= 11 is 1.02. The Morgan fingerprint density at radius 2 is 2.23 bits per heavy atom. The van der Waals surface area contributed by atoms with Crippen LogP contribution in [0.5, 0.6) is 10.8 Å². The number of aryl methyl sites for hydroxylation is 2. The number of hydrogen-bond donors (Lipinski definition) is 2. The summed E-state index contributed by atoms with van der Waals surface area (Å²) in [6, 6.07) is 7.15. The zero-order valence-electron chi connectivity index (χ0n) is 14.3. The molecule has 0 saturated heterocycles. The highest BCUT2D eigenvalue weighted by atomic mass is 32.1. The van der Waals surface area contributed by atoms with Gasteiger partial charge in [0, 0.05) is 42.6 Å². The molecule has 1 amide bonds. The number of ether oxygens (including phenoxy) is 2. The van der Waals surface area contributed by atoms with Gasteiger partial charge < -0.3 is 15.2 Å². The number of hydrogen-bond acceptors (Lipinski definition) is 8. The number of rotatable bonds is 6. The van der Waals surface area contributed by atoms with Gasteiger partial charge in [-0.15, -0.1) is 5.10 Å². The third kappa shape index (κ3) is 3.98. The van der Waals surface area contributed by atoms with Crippen molar-refractivity contribution >= 4 is 23.3 Å². The second-order valence-electron chi connectivity index (χ2n) is 5.35. The van der Waals surface area contributed by atoms with Crippen LogP contribution in [0, 0.1) is 6.92 Å². The SMILES string of the molecule is Cc1nnsc1OC(=O)Nc1ccc(OCCN)c(-c2ccnn2C)c1. The number of nitrogens with zero attached hydrogens (tertiary/aromatic N) is 4. The summed E-state index contributed by atoms with van der Waals surface area (Å²) in [7, 11) is 1.83. The molecule has 3 N–H and O–H groups in total. The summed E-state index contributed by atoms with van der Waals surface area (Å²) in [4.78, 5) is 12.1. The fourth-order valence-corrected chi connectivity index (χ4v) is 2.81. The molecule has 9 nitrogen and oxygen atoms in total. The second kappa shape index (κ2) is 7.93. The van der Waals surface area contributed by atoms with E-state index in [2.05, 4.69) is 20.0 Å². The molecule has 10 heteroatoms. The van der Waals surface area contributed by atoms with Gasteiger partial charge in [-0.2, -0.15) is 5.10 Å². The Morgan fingerprint density at radius 3 is 2.88 bits per heavy atom. The van der Waals surface area contributed by atoms with E-state index >= 15 is 0 Å². The molecule has 0 atom stereocenters. The third-order valence-electron chi connectivity index (χ3n) is 3.49. The Hall–Kier alpha value is -2.98. The highest BCUT2D eigenvalue weighted by Gasteiger charge is 2.14. The van der Waals surface area contributed by atoms with Crippen molar-refractivity contribution in [2.75, 3.05) is 18.5 Å². The van der Waals surface area contributed by atoms with Crippen molar-refractivity contribution in [1.29, 1.82) is 0 Å². The quantitative estimate of drug-likeness (QED) is 0.679. The molecular weight excluding hydrogens is 356 g/mol. The van der Waals surface area contributed by atoms with Crippen molar-refractivity contribution in [3.8, 4) is 22.1 Å². The van der Waals surface area contributed by atoms with E-state index in [1.165, 1.54) is 0 Å². The van der Waals surface area contributed by atoms with Crippen molar-refractivity contribution in [3.05, 3.63) is 36.2 Å². The van der Waals surface area contributed by atoms with E-state index in [0.29, 0.717) is 35.3 Å². The molecule has 26 heavy (non-hydrogen) atoms. The standard InChI is InChI=1S/C16H18N6O3S/c1-10-15(26-21-20-10)25-16(23)19-11-3-4-14(24-8-6-17)12(9-11)13-5-7-18-22(13)2/h3-5,7,9H,6,8,17H2,1-2H3,(H,19,23). The Morgan fingerprint density at radius 1 is 1.38 bits per heavy atom. The molecule has 136 valence electrons. The minimum absolute atomic E-state index is 0.359. The largest absolute Gasteiger partial charge is 0.492 e. The van der Waals surface area contributed by atoms with E-state index in [0.717, 1.165) is 22.8 Å². The maximum atomic E-state index is 12.1. The van der Waals surface area contributed by atoms with Gasteiger partial charge >= 0.3 is 6.09 Å². The van der Waals surface area contributed by atoms with Crippen LogP contribution < -0.4 is 20.5 Å². The van der Waals surface area contributed by atoms with Crippen LogP contribution in [-0.4, -0.2) is 38.6 Å². The van der Waals surface area contributed by atoms with Crippen molar-refractivity contribution in [2.24, 2.45) is 12.8 Å². The molecule has 0 unspecified atom stereocenters. The van der Waals surface area contributed by atoms with Crippen LogP contribution >= 0.6 is 11.5 Å². The maximum Gasteiger partial charge on any atom is 0.418 e. The monoisotopic (exact) mass is 374 g/mol.